The number of morpholine rings is 1. The van der Waals surface area contributed by atoms with Gasteiger partial charge in [-0.1, -0.05) is 12.1 Å². The second kappa shape index (κ2) is 6.09. The average molecular weight is 325 g/mol. The minimum atomic E-state index is -0.243. The number of aromatic amines is 1. The Labute approximate surface area is 139 Å². The molecule has 3 aromatic rings. The van der Waals surface area contributed by atoms with Gasteiger partial charge in [-0.05, 0) is 19.1 Å². The summed E-state index contributed by atoms with van der Waals surface area (Å²) in [5.41, 5.74) is 1.57. The zero-order valence-corrected chi connectivity index (χ0v) is 13.5. The number of ether oxygens (including phenoxy) is 1. The smallest absolute Gasteiger partial charge is 0.256 e. The van der Waals surface area contributed by atoms with Gasteiger partial charge in [0.15, 0.2) is 5.82 Å². The fourth-order valence-corrected chi connectivity index (χ4v) is 3.18. The molecular weight excluding hydrogens is 306 g/mol. The molecule has 7 nitrogen and oxygen atoms in total. The molecule has 1 saturated heterocycles. The van der Waals surface area contributed by atoms with Gasteiger partial charge in [-0.25, -0.2) is 0 Å². The van der Waals surface area contributed by atoms with Crippen LogP contribution in [0.3, 0.4) is 0 Å². The Balaban J connectivity index is 1.60. The summed E-state index contributed by atoms with van der Waals surface area (Å²) in [6, 6.07) is 7.74. The number of amides is 1. The molecule has 7 heteroatoms. The summed E-state index contributed by atoms with van der Waals surface area (Å²) in [7, 11) is 0. The number of benzene rings is 1. The highest BCUT2D eigenvalue weighted by Gasteiger charge is 2.29. The van der Waals surface area contributed by atoms with Crippen LogP contribution in [-0.4, -0.2) is 50.3 Å². The van der Waals surface area contributed by atoms with E-state index < -0.39 is 0 Å². The third-order valence-corrected chi connectivity index (χ3v) is 4.45. The average Bonchev–Trinajstić information content (AvgIpc) is 3.29. The summed E-state index contributed by atoms with van der Waals surface area (Å²) in [5, 5.41) is 9.16. The Kier molecular flexibility index (Phi) is 3.78. The van der Waals surface area contributed by atoms with Crippen LogP contribution >= 0.6 is 0 Å². The van der Waals surface area contributed by atoms with Crippen molar-refractivity contribution >= 4 is 16.8 Å². The van der Waals surface area contributed by atoms with Crippen molar-refractivity contribution in [1.29, 1.82) is 0 Å². The first-order valence-corrected chi connectivity index (χ1v) is 8.12. The van der Waals surface area contributed by atoms with E-state index in [1.165, 1.54) is 0 Å². The van der Waals surface area contributed by atoms with Gasteiger partial charge in [0.1, 0.15) is 12.4 Å². The highest BCUT2D eigenvalue weighted by Crippen LogP contribution is 2.24. The summed E-state index contributed by atoms with van der Waals surface area (Å²) in [5.74, 6) is 0.784. The number of fused-ring (bicyclic) bond motifs is 1. The predicted molar refractivity (Wildman–Crippen MR) is 88.6 cm³/mol. The molecule has 1 aromatic carbocycles. The van der Waals surface area contributed by atoms with Crippen molar-refractivity contribution in [3.05, 3.63) is 48.2 Å². The van der Waals surface area contributed by atoms with Crippen LogP contribution in [0.2, 0.25) is 0 Å². The number of carbonyl (C=O) groups excluding carboxylic acids is 1. The monoisotopic (exact) mass is 325 g/mol. The molecule has 0 bridgehead atoms. The van der Waals surface area contributed by atoms with E-state index in [2.05, 4.69) is 15.2 Å². The van der Waals surface area contributed by atoms with Crippen molar-refractivity contribution in [2.75, 3.05) is 19.7 Å². The number of para-hydroxylation sites is 1. The minimum absolute atomic E-state index is 0.0129. The van der Waals surface area contributed by atoms with Gasteiger partial charge in [-0.3, -0.25) is 4.79 Å². The lowest BCUT2D eigenvalue weighted by atomic mass is 10.1. The first-order valence-electron chi connectivity index (χ1n) is 8.12. The standard InChI is InChI=1S/C17H19N5O2/c1-2-21-11-19-20-16(21)14-10-22(8-9-24-14)17(23)13-5-3-4-12-6-7-18-15(12)13/h3-7,11,14,18H,2,8-10H2,1H3. The lowest BCUT2D eigenvalue weighted by Crippen LogP contribution is -2.43. The number of H-pyrrole nitrogens is 1. The van der Waals surface area contributed by atoms with E-state index in [1.807, 2.05) is 46.9 Å². The minimum Gasteiger partial charge on any atom is -0.366 e. The lowest BCUT2D eigenvalue weighted by molar-refractivity contribution is -0.0283. The van der Waals surface area contributed by atoms with Crippen LogP contribution in [0, 0.1) is 0 Å². The summed E-state index contributed by atoms with van der Waals surface area (Å²) < 4.78 is 7.78. The first-order chi connectivity index (χ1) is 11.8. The van der Waals surface area contributed by atoms with Crippen LogP contribution in [0.5, 0.6) is 0 Å². The molecule has 24 heavy (non-hydrogen) atoms. The number of nitrogens with one attached hydrogen (secondary N) is 1. The number of nitrogens with zero attached hydrogens (tertiary/aromatic N) is 4. The summed E-state index contributed by atoms with van der Waals surface area (Å²) in [6.07, 6.45) is 3.31. The normalized spacial score (nSPS) is 18.2. The number of aromatic nitrogens is 4. The maximum atomic E-state index is 13.0. The van der Waals surface area contributed by atoms with E-state index in [9.17, 15) is 4.79 Å². The van der Waals surface area contributed by atoms with E-state index in [-0.39, 0.29) is 12.0 Å². The molecular formula is C17H19N5O2. The van der Waals surface area contributed by atoms with Crippen LogP contribution in [0.25, 0.3) is 10.9 Å². The Morgan fingerprint density at radius 3 is 3.21 bits per heavy atom. The number of carbonyl (C=O) groups is 1. The summed E-state index contributed by atoms with van der Waals surface area (Å²) >= 11 is 0. The third-order valence-electron chi connectivity index (χ3n) is 4.45. The van der Waals surface area contributed by atoms with Gasteiger partial charge < -0.3 is 19.2 Å². The van der Waals surface area contributed by atoms with Gasteiger partial charge >= 0.3 is 0 Å². The van der Waals surface area contributed by atoms with Crippen LogP contribution in [0.1, 0.15) is 29.2 Å². The van der Waals surface area contributed by atoms with E-state index in [0.29, 0.717) is 25.3 Å². The zero-order valence-electron chi connectivity index (χ0n) is 13.5. The van der Waals surface area contributed by atoms with Crippen molar-refractivity contribution in [2.45, 2.75) is 19.6 Å². The molecule has 0 saturated carbocycles. The Morgan fingerprint density at radius 2 is 2.33 bits per heavy atom. The molecule has 124 valence electrons. The molecule has 1 unspecified atom stereocenters. The van der Waals surface area contributed by atoms with Gasteiger partial charge in [-0.2, -0.15) is 0 Å². The summed E-state index contributed by atoms with van der Waals surface area (Å²) in [4.78, 5) is 18.0. The molecule has 0 radical (unpaired) electrons. The number of aryl methyl sites for hydroxylation is 1. The van der Waals surface area contributed by atoms with E-state index >= 15 is 0 Å². The van der Waals surface area contributed by atoms with Crippen molar-refractivity contribution in [1.82, 2.24) is 24.6 Å². The molecule has 1 amide bonds. The lowest BCUT2D eigenvalue weighted by Gasteiger charge is -2.32. The first kappa shape index (κ1) is 14.9. The Bertz CT molecular complexity index is 869. The molecule has 1 aliphatic rings. The fourth-order valence-electron chi connectivity index (χ4n) is 3.18. The predicted octanol–water partition coefficient (Wildman–Crippen LogP) is 1.99. The number of rotatable bonds is 3. The maximum Gasteiger partial charge on any atom is 0.256 e. The molecule has 3 heterocycles. The molecule has 1 aliphatic heterocycles. The molecule has 4 rings (SSSR count). The molecule has 0 spiro atoms. The second-order valence-corrected chi connectivity index (χ2v) is 5.83. The van der Waals surface area contributed by atoms with Crippen LogP contribution in [0.4, 0.5) is 0 Å². The molecule has 1 atom stereocenters. The van der Waals surface area contributed by atoms with Crippen molar-refractivity contribution in [2.24, 2.45) is 0 Å². The van der Waals surface area contributed by atoms with Crippen LogP contribution < -0.4 is 0 Å². The number of hydrogen-bond acceptors (Lipinski definition) is 4. The molecule has 1 fully saturated rings. The van der Waals surface area contributed by atoms with E-state index in [1.54, 1.807) is 6.33 Å². The third kappa shape index (κ3) is 2.46. The van der Waals surface area contributed by atoms with E-state index in [0.717, 1.165) is 23.3 Å². The second-order valence-electron chi connectivity index (χ2n) is 5.83. The Morgan fingerprint density at radius 1 is 1.42 bits per heavy atom. The fraction of sp³-hybridized carbons (Fsp3) is 0.353. The van der Waals surface area contributed by atoms with Crippen LogP contribution in [0.15, 0.2) is 36.8 Å². The molecule has 1 N–H and O–H groups in total. The van der Waals surface area contributed by atoms with Crippen LogP contribution in [-0.2, 0) is 11.3 Å². The van der Waals surface area contributed by atoms with Crippen molar-refractivity contribution in [3.8, 4) is 0 Å². The maximum absolute atomic E-state index is 13.0. The van der Waals surface area contributed by atoms with E-state index in [4.69, 9.17) is 4.74 Å². The zero-order chi connectivity index (χ0) is 16.5. The highest BCUT2D eigenvalue weighted by molar-refractivity contribution is 6.05. The largest absolute Gasteiger partial charge is 0.366 e. The van der Waals surface area contributed by atoms with Gasteiger partial charge in [0.05, 0.1) is 24.2 Å². The van der Waals surface area contributed by atoms with Gasteiger partial charge in [-0.15, -0.1) is 10.2 Å². The summed E-state index contributed by atoms with van der Waals surface area (Å²) in [6.45, 7) is 4.36. The molecule has 0 aliphatic carbocycles. The number of hydrogen-bond donors (Lipinski definition) is 1. The van der Waals surface area contributed by atoms with Gasteiger partial charge in [0, 0.05) is 24.7 Å². The Hall–Kier alpha value is -2.67. The van der Waals surface area contributed by atoms with Gasteiger partial charge in [0.25, 0.3) is 5.91 Å². The van der Waals surface area contributed by atoms with Crippen molar-refractivity contribution < 1.29 is 9.53 Å². The van der Waals surface area contributed by atoms with Crippen molar-refractivity contribution in [3.63, 3.8) is 0 Å². The quantitative estimate of drug-likeness (QED) is 0.799. The SMILES string of the molecule is CCn1cnnc1C1CN(C(=O)c2cccc3cc[nH]c23)CCO1. The van der Waals surface area contributed by atoms with Gasteiger partial charge in [0.2, 0.25) is 0 Å². The highest BCUT2D eigenvalue weighted by atomic mass is 16.5. The molecule has 2 aromatic heterocycles. The topological polar surface area (TPSA) is 76.0 Å².